The summed E-state index contributed by atoms with van der Waals surface area (Å²) in [4.78, 5) is 33.8. The van der Waals surface area contributed by atoms with Crippen molar-refractivity contribution >= 4 is 17.9 Å². The molecule has 6 nitrogen and oxygen atoms in total. The lowest BCUT2D eigenvalue weighted by Crippen LogP contribution is -2.09. The van der Waals surface area contributed by atoms with Crippen LogP contribution in [0.15, 0.2) is 36.0 Å². The van der Waals surface area contributed by atoms with E-state index in [0.29, 0.717) is 0 Å². The Bertz CT molecular complexity index is 416. The van der Waals surface area contributed by atoms with Gasteiger partial charge in [0.2, 0.25) is 0 Å². The van der Waals surface area contributed by atoms with Gasteiger partial charge in [-0.05, 0) is 6.08 Å². The molecule has 0 atom stereocenters. The molecule has 0 saturated carbocycles. The molecule has 0 aromatic rings. The Hall–Kier alpha value is -2.37. The minimum Gasteiger partial charge on any atom is -0.466 e. The molecule has 0 amide bonds. The highest BCUT2D eigenvalue weighted by molar-refractivity contribution is 6.01. The van der Waals surface area contributed by atoms with Crippen LogP contribution >= 0.6 is 0 Å². The average Bonchev–Trinajstić information content (AvgIpc) is 2.41. The second-order valence-electron chi connectivity index (χ2n) is 2.91. The van der Waals surface area contributed by atoms with Gasteiger partial charge >= 0.3 is 17.9 Å². The van der Waals surface area contributed by atoms with Gasteiger partial charge in [0.25, 0.3) is 0 Å². The number of carbonyl (C=O) groups is 3. The summed E-state index contributed by atoms with van der Waals surface area (Å²) >= 11 is 0. The number of ether oxygens (including phenoxy) is 3. The number of rotatable bonds is 5. The third-order valence-corrected chi connectivity index (χ3v) is 1.85. The second kappa shape index (κ2) is 7.83. The van der Waals surface area contributed by atoms with E-state index in [2.05, 4.69) is 20.8 Å². The Morgan fingerprint density at radius 1 is 0.833 bits per heavy atom. The molecule has 0 aliphatic heterocycles. The van der Waals surface area contributed by atoms with Crippen molar-refractivity contribution in [3.63, 3.8) is 0 Å². The van der Waals surface area contributed by atoms with Gasteiger partial charge in [0.15, 0.2) is 0 Å². The highest BCUT2D eigenvalue weighted by Crippen LogP contribution is 2.08. The number of esters is 3. The first-order valence-corrected chi connectivity index (χ1v) is 4.80. The van der Waals surface area contributed by atoms with Crippen LogP contribution in [0.5, 0.6) is 0 Å². The fraction of sp³-hybridized carbons (Fsp3) is 0.250. The van der Waals surface area contributed by atoms with Crippen LogP contribution in [0.2, 0.25) is 0 Å². The van der Waals surface area contributed by atoms with Crippen molar-refractivity contribution in [2.24, 2.45) is 0 Å². The summed E-state index contributed by atoms with van der Waals surface area (Å²) in [5.41, 5.74) is -0.136. The molecule has 0 aromatic carbocycles. The van der Waals surface area contributed by atoms with Gasteiger partial charge in [-0.15, -0.1) is 0 Å². The fourth-order valence-corrected chi connectivity index (χ4v) is 0.950. The molecular weight excluding hydrogens is 240 g/mol. The largest absolute Gasteiger partial charge is 0.466 e. The Morgan fingerprint density at radius 3 is 1.72 bits per heavy atom. The lowest BCUT2D eigenvalue weighted by molar-refractivity contribution is -0.138. The van der Waals surface area contributed by atoms with Gasteiger partial charge in [-0.3, -0.25) is 0 Å². The van der Waals surface area contributed by atoms with Crippen molar-refractivity contribution in [1.82, 2.24) is 0 Å². The second-order valence-corrected chi connectivity index (χ2v) is 2.91. The van der Waals surface area contributed by atoms with E-state index in [1.807, 2.05) is 0 Å². The number of carbonyl (C=O) groups excluding carboxylic acids is 3. The number of hydrogen-bond acceptors (Lipinski definition) is 6. The molecule has 0 spiro atoms. The minimum absolute atomic E-state index is 0.0121. The standard InChI is InChI=1S/C12H14O6/c1-5-8(11(14)17-3)6-9(12(15)18-4)7-10(13)16-2/h5-7H,1H2,2-4H3/b8-6+,9-7-. The zero-order chi connectivity index (χ0) is 14.1. The Balaban J connectivity index is 5.46. The Kier molecular flexibility index (Phi) is 6.80. The van der Waals surface area contributed by atoms with E-state index in [1.54, 1.807) is 0 Å². The molecule has 0 unspecified atom stereocenters. The summed E-state index contributed by atoms with van der Waals surface area (Å²) in [5.74, 6) is -2.23. The van der Waals surface area contributed by atoms with Gasteiger partial charge in [0, 0.05) is 6.08 Å². The van der Waals surface area contributed by atoms with Gasteiger partial charge < -0.3 is 14.2 Å². The molecule has 0 saturated heterocycles. The molecule has 0 radical (unpaired) electrons. The van der Waals surface area contributed by atoms with Crippen LogP contribution in [-0.4, -0.2) is 39.2 Å². The fourth-order valence-electron chi connectivity index (χ4n) is 0.950. The maximum atomic E-state index is 11.4. The third kappa shape index (κ3) is 4.65. The van der Waals surface area contributed by atoms with E-state index < -0.39 is 17.9 Å². The third-order valence-electron chi connectivity index (χ3n) is 1.85. The van der Waals surface area contributed by atoms with Crippen LogP contribution < -0.4 is 0 Å². The van der Waals surface area contributed by atoms with Crippen molar-refractivity contribution in [3.8, 4) is 0 Å². The lowest BCUT2D eigenvalue weighted by Gasteiger charge is -2.03. The van der Waals surface area contributed by atoms with Crippen molar-refractivity contribution in [2.45, 2.75) is 0 Å². The zero-order valence-electron chi connectivity index (χ0n) is 10.4. The highest BCUT2D eigenvalue weighted by Gasteiger charge is 2.13. The van der Waals surface area contributed by atoms with E-state index in [4.69, 9.17) is 0 Å². The van der Waals surface area contributed by atoms with Crippen molar-refractivity contribution in [3.05, 3.63) is 36.0 Å². The van der Waals surface area contributed by atoms with Gasteiger partial charge in [-0.25, -0.2) is 14.4 Å². The molecule has 6 heteroatoms. The van der Waals surface area contributed by atoms with Crippen LogP contribution in [0.4, 0.5) is 0 Å². The monoisotopic (exact) mass is 254 g/mol. The van der Waals surface area contributed by atoms with E-state index in [1.165, 1.54) is 13.2 Å². The average molecular weight is 254 g/mol. The van der Waals surface area contributed by atoms with E-state index in [9.17, 15) is 14.4 Å². The van der Waals surface area contributed by atoms with E-state index in [0.717, 1.165) is 26.4 Å². The van der Waals surface area contributed by atoms with Crippen molar-refractivity contribution < 1.29 is 28.6 Å². The molecule has 0 aliphatic carbocycles. The van der Waals surface area contributed by atoms with Crippen LogP contribution in [0, 0.1) is 0 Å². The summed E-state index contributed by atoms with van der Waals surface area (Å²) in [6.07, 6.45) is 3.22. The minimum atomic E-state index is -0.788. The van der Waals surface area contributed by atoms with Crippen molar-refractivity contribution in [1.29, 1.82) is 0 Å². The first-order chi connectivity index (χ1) is 8.49. The van der Waals surface area contributed by atoms with Crippen LogP contribution in [-0.2, 0) is 28.6 Å². The van der Waals surface area contributed by atoms with Gasteiger partial charge in [0.05, 0.1) is 32.5 Å². The molecule has 0 N–H and O–H groups in total. The molecule has 98 valence electrons. The summed E-state index contributed by atoms with van der Waals surface area (Å²) in [6, 6.07) is 0. The quantitative estimate of drug-likeness (QED) is 0.308. The highest BCUT2D eigenvalue weighted by atomic mass is 16.5. The Labute approximate surface area is 105 Å². The lowest BCUT2D eigenvalue weighted by atomic mass is 10.1. The number of methoxy groups -OCH3 is 3. The van der Waals surface area contributed by atoms with Gasteiger partial charge in [0.1, 0.15) is 0 Å². The normalized spacial score (nSPS) is 11.5. The molecule has 0 rings (SSSR count). The molecule has 18 heavy (non-hydrogen) atoms. The van der Waals surface area contributed by atoms with Crippen molar-refractivity contribution in [2.75, 3.05) is 21.3 Å². The summed E-state index contributed by atoms with van der Waals surface area (Å²) in [7, 11) is 3.49. The molecule has 0 bridgehead atoms. The summed E-state index contributed by atoms with van der Waals surface area (Å²) < 4.78 is 13.3. The molecule has 0 fully saturated rings. The SMILES string of the molecule is C=C/C(=C\C(=C\C(=O)OC)C(=O)OC)C(=O)OC. The topological polar surface area (TPSA) is 78.9 Å². The van der Waals surface area contributed by atoms with E-state index in [-0.39, 0.29) is 11.1 Å². The number of hydrogen-bond donors (Lipinski definition) is 0. The van der Waals surface area contributed by atoms with Crippen LogP contribution in [0.1, 0.15) is 0 Å². The first-order valence-electron chi connectivity index (χ1n) is 4.80. The molecular formula is C12H14O6. The van der Waals surface area contributed by atoms with Gasteiger partial charge in [-0.2, -0.15) is 0 Å². The Morgan fingerprint density at radius 2 is 1.33 bits per heavy atom. The van der Waals surface area contributed by atoms with E-state index >= 15 is 0 Å². The van der Waals surface area contributed by atoms with Gasteiger partial charge in [-0.1, -0.05) is 12.7 Å². The summed E-state index contributed by atoms with van der Waals surface area (Å²) in [6.45, 7) is 3.40. The maximum Gasteiger partial charge on any atom is 0.338 e. The predicted molar refractivity (Wildman–Crippen MR) is 62.4 cm³/mol. The van der Waals surface area contributed by atoms with Crippen LogP contribution in [0.3, 0.4) is 0 Å². The predicted octanol–water partition coefficient (Wildman–Crippen LogP) is 0.544. The molecule has 0 aromatic heterocycles. The molecule has 0 aliphatic rings. The smallest absolute Gasteiger partial charge is 0.338 e. The maximum absolute atomic E-state index is 11.4. The van der Waals surface area contributed by atoms with Crippen LogP contribution in [0.25, 0.3) is 0 Å². The zero-order valence-corrected chi connectivity index (χ0v) is 10.4. The summed E-state index contributed by atoms with van der Waals surface area (Å²) in [5, 5.41) is 0. The first kappa shape index (κ1) is 15.6. The molecule has 0 heterocycles.